The van der Waals surface area contributed by atoms with Gasteiger partial charge >= 0.3 is 11.9 Å². The number of hydrogen-bond donors (Lipinski definition) is 4. The molecule has 2 rings (SSSR count). The van der Waals surface area contributed by atoms with Gasteiger partial charge in [0.2, 0.25) is 0 Å². The Morgan fingerprint density at radius 1 is 0.517 bits per heavy atom. The van der Waals surface area contributed by atoms with Crippen LogP contribution in [0.5, 0.6) is 0 Å². The summed E-state index contributed by atoms with van der Waals surface area (Å²) in [5, 5.41) is 41.5. The van der Waals surface area contributed by atoms with E-state index >= 15 is 0 Å². The van der Waals surface area contributed by atoms with E-state index in [0.717, 1.165) is 64.2 Å². The molecule has 4 N–H and O–H groups in total. The summed E-state index contributed by atoms with van der Waals surface area (Å²) in [5.41, 5.74) is 1.28. The first kappa shape index (κ1) is 55.7. The van der Waals surface area contributed by atoms with E-state index in [1.165, 1.54) is 56.9 Å². The summed E-state index contributed by atoms with van der Waals surface area (Å²) in [5.74, 6) is 0.208. The van der Waals surface area contributed by atoms with Gasteiger partial charge in [-0.15, -0.1) is 0 Å². The van der Waals surface area contributed by atoms with E-state index in [0.29, 0.717) is 51.4 Å². The maximum atomic E-state index is 12.2. The highest BCUT2D eigenvalue weighted by Crippen LogP contribution is 2.40. The van der Waals surface area contributed by atoms with Crippen molar-refractivity contribution in [3.63, 3.8) is 0 Å². The van der Waals surface area contributed by atoms with Crippen LogP contribution < -0.4 is 0 Å². The number of carbonyl (C=O) groups is 3. The number of carbonyl (C=O) groups excluding carboxylic acids is 3. The largest absolute Gasteiger partial charge is 0.463 e. The highest BCUT2D eigenvalue weighted by Gasteiger charge is 2.41. The SMILES string of the molecule is C=C(CCCCCCC)CC[C@@H]1[C@@H](C/C=C\CCCC(=O)OC(C)C)[C@@H](O)C[C@H]1O.CCCCCCCC(=O)CC[C@@H]1[C@@H](C/C=C\CCCC(=O)OC(C)C)[C@@H](O)C[C@H]1O. The predicted octanol–water partition coefficient (Wildman–Crippen LogP) is 11.2. The first-order valence-corrected chi connectivity index (χ1v) is 24.3. The molecule has 0 aliphatic heterocycles. The minimum atomic E-state index is -0.526. The number of hydrogen-bond acceptors (Lipinski definition) is 9. The number of allylic oxidation sites excluding steroid dienone is 5. The molecule has 2 aliphatic rings. The van der Waals surface area contributed by atoms with Crippen molar-refractivity contribution in [3.05, 3.63) is 36.5 Å². The second-order valence-corrected chi connectivity index (χ2v) is 18.4. The maximum Gasteiger partial charge on any atom is 0.306 e. The van der Waals surface area contributed by atoms with Gasteiger partial charge < -0.3 is 29.9 Å². The second kappa shape index (κ2) is 34.2. The zero-order valence-electron chi connectivity index (χ0n) is 39.0. The minimum Gasteiger partial charge on any atom is -0.463 e. The summed E-state index contributed by atoms with van der Waals surface area (Å²) in [7, 11) is 0. The highest BCUT2D eigenvalue weighted by atomic mass is 16.5. The van der Waals surface area contributed by atoms with E-state index in [1.807, 2.05) is 39.8 Å². The number of ketones is 1. The van der Waals surface area contributed by atoms with E-state index in [-0.39, 0.29) is 53.6 Å². The summed E-state index contributed by atoms with van der Waals surface area (Å²) in [6, 6.07) is 0. The van der Waals surface area contributed by atoms with Crippen molar-refractivity contribution in [1.29, 1.82) is 0 Å². The fraction of sp³-hybridized carbons (Fsp3) is 0.824. The van der Waals surface area contributed by atoms with Crippen molar-refractivity contribution in [1.82, 2.24) is 0 Å². The van der Waals surface area contributed by atoms with Gasteiger partial charge in [-0.1, -0.05) is 102 Å². The normalized spacial score (nSPS) is 24.1. The molecule has 0 heterocycles. The molecule has 8 atom stereocenters. The van der Waals surface area contributed by atoms with Crippen LogP contribution in [0.15, 0.2) is 36.5 Å². The number of rotatable bonds is 32. The summed E-state index contributed by atoms with van der Waals surface area (Å²) < 4.78 is 10.2. The number of aliphatic hydroxyl groups is 4. The summed E-state index contributed by atoms with van der Waals surface area (Å²) in [6.45, 7) is 16.1. The smallest absolute Gasteiger partial charge is 0.306 e. The number of ether oxygens (including phenoxy) is 2. The van der Waals surface area contributed by atoms with Crippen molar-refractivity contribution in [2.24, 2.45) is 23.7 Å². The average Bonchev–Trinajstić information content (AvgIpc) is 3.61. The second-order valence-electron chi connectivity index (χ2n) is 18.4. The van der Waals surface area contributed by atoms with Crippen LogP contribution in [0, 0.1) is 23.7 Å². The Bertz CT molecular complexity index is 1120. The van der Waals surface area contributed by atoms with E-state index in [4.69, 9.17) is 9.47 Å². The van der Waals surface area contributed by atoms with Gasteiger partial charge in [0.1, 0.15) is 5.78 Å². The summed E-state index contributed by atoms with van der Waals surface area (Å²) in [4.78, 5) is 35.2. The van der Waals surface area contributed by atoms with E-state index in [2.05, 4.69) is 32.6 Å². The lowest BCUT2D eigenvalue weighted by molar-refractivity contribution is -0.148. The van der Waals surface area contributed by atoms with Crippen LogP contribution in [0.2, 0.25) is 0 Å². The molecule has 60 heavy (non-hydrogen) atoms. The van der Waals surface area contributed by atoms with Crippen LogP contribution in [0.3, 0.4) is 0 Å². The minimum absolute atomic E-state index is 0.000453. The van der Waals surface area contributed by atoms with Crippen molar-refractivity contribution < 1.29 is 44.3 Å². The van der Waals surface area contributed by atoms with Crippen molar-refractivity contribution in [3.8, 4) is 0 Å². The average molecular weight is 847 g/mol. The van der Waals surface area contributed by atoms with Gasteiger partial charge in [0.05, 0.1) is 36.6 Å². The van der Waals surface area contributed by atoms with Crippen molar-refractivity contribution in [2.75, 3.05) is 0 Å². The monoisotopic (exact) mass is 847 g/mol. The molecular formula is C51H90O9. The topological polar surface area (TPSA) is 151 Å². The molecule has 0 amide bonds. The molecule has 2 aliphatic carbocycles. The third-order valence-corrected chi connectivity index (χ3v) is 12.2. The number of esters is 2. The molecule has 0 aromatic heterocycles. The van der Waals surface area contributed by atoms with Gasteiger partial charge in [0, 0.05) is 25.7 Å². The molecule has 0 unspecified atom stereocenters. The Balaban J connectivity index is 0.000000600. The van der Waals surface area contributed by atoms with Crippen LogP contribution in [-0.2, 0) is 23.9 Å². The zero-order chi connectivity index (χ0) is 44.7. The van der Waals surface area contributed by atoms with Gasteiger partial charge in [-0.25, -0.2) is 0 Å². The first-order valence-electron chi connectivity index (χ1n) is 24.3. The fourth-order valence-corrected chi connectivity index (χ4v) is 8.78. The zero-order valence-corrected chi connectivity index (χ0v) is 39.0. The van der Waals surface area contributed by atoms with Crippen LogP contribution in [0.1, 0.15) is 208 Å². The van der Waals surface area contributed by atoms with Gasteiger partial charge in [-0.2, -0.15) is 0 Å². The standard InChI is InChI=1S/C26H46O4.C25H44O5/c1-5-6-7-8-11-14-21(4)17-18-23-22(24(27)19-25(23)28)15-12-9-10-13-16-26(29)30-20(2)3;1-4-5-6-7-10-13-20(26)16-17-22-21(23(27)18-24(22)28)14-11-8-9-12-15-25(29)30-19(2)3/h9,12,20,22-25,27-28H,4-8,10-11,13-19H2,1-3H3;8,11,19,21-24,27-28H,4-7,9-10,12-18H2,1-3H3/b12-9-;11-8-/t22-,23-,24+,25-;21-,22-,23+,24-/m11/s1. The quantitative estimate of drug-likeness (QED) is 0.0295. The molecule has 2 fully saturated rings. The first-order chi connectivity index (χ1) is 28.7. The lowest BCUT2D eigenvalue weighted by atomic mass is 9.85. The van der Waals surface area contributed by atoms with Gasteiger partial charge in [0.25, 0.3) is 0 Å². The molecule has 2 saturated carbocycles. The number of Topliss-reactive ketones (excluding diaryl/α,β-unsaturated/α-hetero) is 1. The Morgan fingerprint density at radius 3 is 1.35 bits per heavy atom. The molecular weight excluding hydrogens is 757 g/mol. The van der Waals surface area contributed by atoms with Gasteiger partial charge in [-0.3, -0.25) is 14.4 Å². The Hall–Kier alpha value is -2.33. The Kier molecular flexibility index (Phi) is 31.7. The maximum absolute atomic E-state index is 12.2. The number of aliphatic hydroxyl groups excluding tert-OH is 4. The third kappa shape index (κ3) is 26.2. The molecule has 0 aromatic carbocycles. The molecule has 0 radical (unpaired) electrons. The van der Waals surface area contributed by atoms with Crippen LogP contribution in [0.25, 0.3) is 0 Å². The van der Waals surface area contributed by atoms with E-state index in [1.54, 1.807) is 0 Å². The Morgan fingerprint density at radius 2 is 0.917 bits per heavy atom. The lowest BCUT2D eigenvalue weighted by Gasteiger charge is -2.23. The third-order valence-electron chi connectivity index (χ3n) is 12.2. The molecule has 348 valence electrons. The molecule has 0 aromatic rings. The van der Waals surface area contributed by atoms with Crippen LogP contribution >= 0.6 is 0 Å². The molecule has 0 bridgehead atoms. The van der Waals surface area contributed by atoms with Gasteiger partial charge in [0.15, 0.2) is 0 Å². The summed E-state index contributed by atoms with van der Waals surface area (Å²) >= 11 is 0. The molecule has 0 saturated heterocycles. The molecule has 0 spiro atoms. The van der Waals surface area contributed by atoms with Crippen LogP contribution in [-0.4, -0.2) is 74.8 Å². The predicted molar refractivity (Wildman–Crippen MR) is 244 cm³/mol. The fourth-order valence-electron chi connectivity index (χ4n) is 8.78. The Labute approximate surface area is 366 Å². The summed E-state index contributed by atoms with van der Waals surface area (Å²) in [6.07, 6.45) is 29.5. The molecule has 9 heteroatoms. The van der Waals surface area contributed by atoms with Crippen LogP contribution in [0.4, 0.5) is 0 Å². The molecule has 9 nitrogen and oxygen atoms in total. The number of unbranched alkanes of at least 4 members (excludes halogenated alkanes) is 10. The van der Waals surface area contributed by atoms with E-state index in [9.17, 15) is 34.8 Å². The lowest BCUT2D eigenvalue weighted by Crippen LogP contribution is -2.22. The van der Waals surface area contributed by atoms with Crippen molar-refractivity contribution in [2.45, 2.75) is 245 Å². The van der Waals surface area contributed by atoms with Gasteiger partial charge in [-0.05, 0) is 141 Å². The van der Waals surface area contributed by atoms with Crippen molar-refractivity contribution >= 4 is 17.7 Å². The highest BCUT2D eigenvalue weighted by molar-refractivity contribution is 5.78. The van der Waals surface area contributed by atoms with E-state index < -0.39 is 24.4 Å².